The highest BCUT2D eigenvalue weighted by Crippen LogP contribution is 2.09. The topological polar surface area (TPSA) is 72.5 Å². The number of ether oxygens (including phenoxy) is 1. The first kappa shape index (κ1) is 18.3. The fourth-order valence-electron chi connectivity index (χ4n) is 2.13. The van der Waals surface area contributed by atoms with Crippen LogP contribution in [-0.4, -0.2) is 30.3 Å². The van der Waals surface area contributed by atoms with E-state index >= 15 is 0 Å². The lowest BCUT2D eigenvalue weighted by Gasteiger charge is -2.12. The summed E-state index contributed by atoms with van der Waals surface area (Å²) in [4.78, 5) is 35.7. The van der Waals surface area contributed by atoms with E-state index < -0.39 is 23.7 Å². The number of hydrogen-bond donors (Lipinski definition) is 1. The minimum Gasteiger partial charge on any atom is -0.454 e. The molecule has 0 aliphatic heterocycles. The van der Waals surface area contributed by atoms with Crippen molar-refractivity contribution >= 4 is 17.7 Å². The summed E-state index contributed by atoms with van der Waals surface area (Å²) < 4.78 is 17.9. The lowest BCUT2D eigenvalue weighted by molar-refractivity contribution is -0.146. The highest BCUT2D eigenvalue weighted by molar-refractivity contribution is 6.00. The van der Waals surface area contributed by atoms with Gasteiger partial charge in [-0.2, -0.15) is 0 Å². The van der Waals surface area contributed by atoms with E-state index in [2.05, 4.69) is 5.32 Å². The minimum atomic E-state index is -0.984. The van der Waals surface area contributed by atoms with Gasteiger partial charge < -0.3 is 10.1 Å². The maximum atomic E-state index is 12.9. The van der Waals surface area contributed by atoms with Crippen LogP contribution < -0.4 is 5.32 Å². The SMILES string of the molecule is C[C@H](OC(=O)CCNC(=O)c1ccccc1)C(=O)c1ccc(F)cc1. The second-order valence-electron chi connectivity index (χ2n) is 5.38. The van der Waals surface area contributed by atoms with Crippen molar-refractivity contribution in [1.82, 2.24) is 5.32 Å². The van der Waals surface area contributed by atoms with Crippen molar-refractivity contribution in [2.24, 2.45) is 0 Å². The molecule has 0 saturated heterocycles. The van der Waals surface area contributed by atoms with Gasteiger partial charge in [0.15, 0.2) is 6.10 Å². The van der Waals surface area contributed by atoms with Crippen LogP contribution in [0.25, 0.3) is 0 Å². The summed E-state index contributed by atoms with van der Waals surface area (Å²) in [7, 11) is 0. The summed E-state index contributed by atoms with van der Waals surface area (Å²) in [5.41, 5.74) is 0.759. The summed E-state index contributed by atoms with van der Waals surface area (Å²) in [6.45, 7) is 1.55. The van der Waals surface area contributed by atoms with E-state index in [0.717, 1.165) is 0 Å². The molecule has 0 aromatic heterocycles. The van der Waals surface area contributed by atoms with Crippen LogP contribution >= 0.6 is 0 Å². The standard InChI is InChI=1S/C19H18FNO4/c1-13(18(23)14-7-9-16(20)10-8-14)25-17(22)11-12-21-19(24)15-5-3-2-4-6-15/h2-10,13H,11-12H2,1H3,(H,21,24)/t13-/m0/s1. The van der Waals surface area contributed by atoms with Crippen LogP contribution in [0.1, 0.15) is 34.1 Å². The number of nitrogens with one attached hydrogen (secondary N) is 1. The van der Waals surface area contributed by atoms with Gasteiger partial charge in [-0.05, 0) is 43.3 Å². The molecule has 25 heavy (non-hydrogen) atoms. The third-order valence-corrected chi connectivity index (χ3v) is 3.46. The number of amides is 1. The molecule has 0 spiro atoms. The summed E-state index contributed by atoms with van der Waals surface area (Å²) in [5.74, 6) is -1.75. The molecule has 5 nitrogen and oxygen atoms in total. The van der Waals surface area contributed by atoms with Gasteiger partial charge in [-0.25, -0.2) is 4.39 Å². The molecule has 0 saturated carbocycles. The molecule has 0 unspecified atom stereocenters. The molecule has 130 valence electrons. The molecular formula is C19H18FNO4. The second kappa shape index (κ2) is 8.73. The Bertz CT molecular complexity index is 744. The molecular weight excluding hydrogens is 325 g/mol. The molecule has 6 heteroatoms. The Kier molecular flexibility index (Phi) is 6.39. The molecule has 2 aromatic carbocycles. The van der Waals surface area contributed by atoms with Crippen molar-refractivity contribution in [2.75, 3.05) is 6.54 Å². The van der Waals surface area contributed by atoms with E-state index in [9.17, 15) is 18.8 Å². The molecule has 0 aliphatic carbocycles. The van der Waals surface area contributed by atoms with Gasteiger partial charge in [0.2, 0.25) is 5.78 Å². The fourth-order valence-corrected chi connectivity index (χ4v) is 2.13. The number of halogens is 1. The van der Waals surface area contributed by atoms with Crippen LogP contribution in [0.2, 0.25) is 0 Å². The maximum Gasteiger partial charge on any atom is 0.308 e. The molecule has 0 fully saturated rings. The van der Waals surface area contributed by atoms with Gasteiger partial charge in [0, 0.05) is 17.7 Å². The molecule has 2 rings (SSSR count). The lowest BCUT2D eigenvalue weighted by atomic mass is 10.1. The van der Waals surface area contributed by atoms with Gasteiger partial charge in [0.05, 0.1) is 6.42 Å². The average molecular weight is 343 g/mol. The van der Waals surface area contributed by atoms with Crippen molar-refractivity contribution in [1.29, 1.82) is 0 Å². The minimum absolute atomic E-state index is 0.0559. The highest BCUT2D eigenvalue weighted by Gasteiger charge is 2.19. The summed E-state index contributed by atoms with van der Waals surface area (Å²) in [6.07, 6.45) is -1.04. The molecule has 0 bridgehead atoms. The third kappa shape index (κ3) is 5.53. The number of ketones is 1. The Hall–Kier alpha value is -3.02. The molecule has 0 aliphatic rings. The van der Waals surface area contributed by atoms with Gasteiger partial charge in [-0.1, -0.05) is 18.2 Å². The molecule has 0 radical (unpaired) electrons. The van der Waals surface area contributed by atoms with Crippen molar-refractivity contribution in [3.8, 4) is 0 Å². The van der Waals surface area contributed by atoms with Crippen LogP contribution in [0.5, 0.6) is 0 Å². The molecule has 1 N–H and O–H groups in total. The predicted octanol–water partition coefficient (Wildman–Crippen LogP) is 2.76. The van der Waals surface area contributed by atoms with E-state index in [1.54, 1.807) is 30.3 Å². The zero-order valence-corrected chi connectivity index (χ0v) is 13.7. The van der Waals surface area contributed by atoms with Crippen molar-refractivity contribution < 1.29 is 23.5 Å². The van der Waals surface area contributed by atoms with Gasteiger partial charge in [0.25, 0.3) is 5.91 Å². The number of esters is 1. The first-order valence-electron chi connectivity index (χ1n) is 7.80. The monoisotopic (exact) mass is 343 g/mol. The Labute approximate surface area is 144 Å². The number of rotatable bonds is 7. The van der Waals surface area contributed by atoms with E-state index in [0.29, 0.717) is 5.56 Å². The third-order valence-electron chi connectivity index (χ3n) is 3.46. The largest absolute Gasteiger partial charge is 0.454 e. The summed E-state index contributed by atoms with van der Waals surface area (Å²) in [6, 6.07) is 13.6. The first-order valence-corrected chi connectivity index (χ1v) is 7.80. The number of Topliss-reactive ketones (excluding diaryl/α,β-unsaturated/α-hetero) is 1. The smallest absolute Gasteiger partial charge is 0.308 e. The Morgan fingerprint density at radius 2 is 1.64 bits per heavy atom. The number of carbonyl (C=O) groups excluding carboxylic acids is 3. The highest BCUT2D eigenvalue weighted by atomic mass is 19.1. The van der Waals surface area contributed by atoms with E-state index in [4.69, 9.17) is 4.74 Å². The van der Waals surface area contributed by atoms with Gasteiger partial charge in [-0.3, -0.25) is 14.4 Å². The van der Waals surface area contributed by atoms with Gasteiger partial charge >= 0.3 is 5.97 Å². The van der Waals surface area contributed by atoms with Gasteiger partial charge in [-0.15, -0.1) is 0 Å². The Balaban J connectivity index is 1.76. The van der Waals surface area contributed by atoms with Crippen LogP contribution in [0.15, 0.2) is 54.6 Å². The quantitative estimate of drug-likeness (QED) is 0.620. The zero-order chi connectivity index (χ0) is 18.2. The Morgan fingerprint density at radius 3 is 2.28 bits per heavy atom. The Morgan fingerprint density at radius 1 is 1.00 bits per heavy atom. The van der Waals surface area contributed by atoms with Crippen LogP contribution in [0.3, 0.4) is 0 Å². The fraction of sp³-hybridized carbons (Fsp3) is 0.211. The van der Waals surface area contributed by atoms with E-state index in [1.807, 2.05) is 0 Å². The second-order valence-corrected chi connectivity index (χ2v) is 5.38. The zero-order valence-electron chi connectivity index (χ0n) is 13.7. The molecule has 2 aromatic rings. The molecule has 1 atom stereocenters. The number of benzene rings is 2. The van der Waals surface area contributed by atoms with Crippen molar-refractivity contribution in [2.45, 2.75) is 19.4 Å². The maximum absolute atomic E-state index is 12.9. The lowest BCUT2D eigenvalue weighted by Crippen LogP contribution is -2.29. The van der Waals surface area contributed by atoms with Crippen LogP contribution in [0.4, 0.5) is 4.39 Å². The van der Waals surface area contributed by atoms with Crippen LogP contribution in [0, 0.1) is 5.82 Å². The van der Waals surface area contributed by atoms with E-state index in [1.165, 1.54) is 31.2 Å². The predicted molar refractivity (Wildman–Crippen MR) is 89.7 cm³/mol. The number of hydrogen-bond acceptors (Lipinski definition) is 4. The van der Waals surface area contributed by atoms with Gasteiger partial charge in [0.1, 0.15) is 5.82 Å². The summed E-state index contributed by atoms with van der Waals surface area (Å²) >= 11 is 0. The molecule has 1 amide bonds. The summed E-state index contributed by atoms with van der Waals surface area (Å²) in [5, 5.41) is 2.60. The first-order chi connectivity index (χ1) is 12.0. The normalized spacial score (nSPS) is 11.4. The van der Waals surface area contributed by atoms with Crippen molar-refractivity contribution in [3.05, 3.63) is 71.5 Å². The van der Waals surface area contributed by atoms with E-state index in [-0.39, 0.29) is 24.4 Å². The number of carbonyl (C=O) groups is 3. The van der Waals surface area contributed by atoms with Crippen LogP contribution in [-0.2, 0) is 9.53 Å². The average Bonchev–Trinajstić information content (AvgIpc) is 2.62. The van der Waals surface area contributed by atoms with Crippen molar-refractivity contribution in [3.63, 3.8) is 0 Å². The molecule has 0 heterocycles.